The van der Waals surface area contributed by atoms with Gasteiger partial charge in [0.05, 0.1) is 16.9 Å². The van der Waals surface area contributed by atoms with Crippen molar-refractivity contribution in [2.45, 2.75) is 148 Å². The lowest BCUT2D eigenvalue weighted by Gasteiger charge is -2.56. The van der Waals surface area contributed by atoms with E-state index in [1.807, 2.05) is 31.2 Å². The number of carbonyl (C=O) groups excluding carboxylic acids is 7. The first kappa shape index (κ1) is 53.3. The van der Waals surface area contributed by atoms with E-state index in [4.69, 9.17) is 21.9 Å². The molecule has 2 unspecified atom stereocenters. The number of benzene rings is 3. The van der Waals surface area contributed by atoms with Crippen molar-refractivity contribution < 1.29 is 38.3 Å². The van der Waals surface area contributed by atoms with E-state index >= 15 is 0 Å². The maximum atomic E-state index is 14.7. The van der Waals surface area contributed by atoms with Crippen LogP contribution in [0, 0.1) is 28.6 Å². The highest BCUT2D eigenvalue weighted by Crippen LogP contribution is 2.59. The fourth-order valence-electron chi connectivity index (χ4n) is 12.8. The lowest BCUT2D eigenvalue weighted by molar-refractivity contribution is -0.150. The molecule has 388 valence electrons. The number of hydrogen-bond acceptors (Lipinski definition) is 10. The van der Waals surface area contributed by atoms with Gasteiger partial charge in [0.1, 0.15) is 19.2 Å². The van der Waals surface area contributed by atoms with E-state index in [2.05, 4.69) is 64.8 Å². The van der Waals surface area contributed by atoms with Crippen LogP contribution >= 0.6 is 0 Å². The predicted molar refractivity (Wildman–Crippen MR) is 276 cm³/mol. The molecule has 3 aromatic rings. The molecule has 4 aliphatic carbocycles. The zero-order valence-corrected chi connectivity index (χ0v) is 42.8. The number of nitrogens with one attached hydrogen (secondary N) is 6. The minimum atomic E-state index is -0.929. The molecule has 2 fully saturated rings. The van der Waals surface area contributed by atoms with Crippen molar-refractivity contribution in [1.82, 2.24) is 21.3 Å². The second-order valence-corrected chi connectivity index (χ2v) is 22.1. The molecule has 4 aliphatic rings. The van der Waals surface area contributed by atoms with Crippen molar-refractivity contribution in [3.05, 3.63) is 88.5 Å². The van der Waals surface area contributed by atoms with Gasteiger partial charge < -0.3 is 48.5 Å². The molecule has 17 heteroatoms. The monoisotopic (exact) mass is 990 g/mol. The molecule has 8 amide bonds. The van der Waals surface area contributed by atoms with Crippen LogP contribution in [0.2, 0.25) is 0 Å². The van der Waals surface area contributed by atoms with Crippen LogP contribution in [0.25, 0.3) is 0 Å². The number of urea groups is 1. The number of carbonyl (C=O) groups is 7. The van der Waals surface area contributed by atoms with Crippen LogP contribution in [-0.2, 0) is 59.0 Å². The number of alkyl carbamates (subject to hydrolysis) is 1. The van der Waals surface area contributed by atoms with Crippen LogP contribution < -0.4 is 49.1 Å². The van der Waals surface area contributed by atoms with Gasteiger partial charge in [-0.15, -0.1) is 0 Å². The predicted octanol–water partition coefficient (Wildman–Crippen LogP) is 6.35. The van der Waals surface area contributed by atoms with E-state index in [9.17, 15) is 33.6 Å². The quantitative estimate of drug-likeness (QED) is 0.0436. The molecular weight excluding hydrogens is 915 g/mol. The Hall–Kier alpha value is -6.49. The van der Waals surface area contributed by atoms with Crippen molar-refractivity contribution in [2.24, 2.45) is 40.1 Å². The number of rotatable bonds is 16. The van der Waals surface area contributed by atoms with E-state index < -0.39 is 52.8 Å². The van der Waals surface area contributed by atoms with E-state index in [1.165, 1.54) is 16.7 Å². The van der Waals surface area contributed by atoms with Crippen LogP contribution in [0.1, 0.15) is 134 Å². The number of hydrogen-bond donors (Lipinski definition) is 9. The van der Waals surface area contributed by atoms with Gasteiger partial charge in [-0.25, -0.2) is 9.59 Å². The summed E-state index contributed by atoms with van der Waals surface area (Å²) in [7, 11) is 0. The lowest BCUT2D eigenvalue weighted by atomic mass is 9.49. The molecule has 2 saturated carbocycles. The Bertz CT molecular complexity index is 2570. The first-order valence-corrected chi connectivity index (χ1v) is 25.6. The maximum absolute atomic E-state index is 14.7. The average Bonchev–Trinajstić information content (AvgIpc) is 3.33. The van der Waals surface area contributed by atoms with Crippen LogP contribution in [0.15, 0.2) is 60.7 Å². The number of fused-ring (bicyclic) bond motifs is 6. The highest BCUT2D eigenvalue weighted by Gasteiger charge is 2.58. The zero-order valence-electron chi connectivity index (χ0n) is 42.8. The Morgan fingerprint density at radius 1 is 0.708 bits per heavy atom. The standard InChI is InChI=1S/C55H75N9O8/c1-32(2)45(57)47(67)63-41(10-7-27-59-50(58)70)46(66)62-37-18-11-33(12-19-37)31-72-51(71)60-30-44(65)61-38-20-14-35-16-22-43-53(4,40(35)29-38)24-9-26-55(43,6)49(69)64-48(68)54(5)25-8-23-52(3)39-28-36(56)17-13-34(39)15-21-42(52)54/h11-14,17-20,28-29,32,41-43,45H,7-10,15-16,21-27,30-31,56-57H2,1-6H3,(H,60,71)(H,61,65)(H,62,66)(H,63,67)(H3,58,59,70)(H,64,68,69)/t41?,42-,43-,45?,52-,53-,54+,55+/m1/s1. The molecular formula is C55H75N9O8. The molecule has 8 atom stereocenters. The fraction of sp³-hybridized carbons (Fsp3) is 0.545. The Morgan fingerprint density at radius 2 is 1.28 bits per heavy atom. The number of nitrogens with two attached hydrogens (primary N) is 3. The number of primary amides is 1. The van der Waals surface area contributed by atoms with Crippen LogP contribution in [-0.4, -0.2) is 66.8 Å². The van der Waals surface area contributed by atoms with Gasteiger partial charge in [0, 0.05) is 23.6 Å². The van der Waals surface area contributed by atoms with E-state index in [0.717, 1.165) is 69.0 Å². The third kappa shape index (κ3) is 11.3. The molecule has 0 aromatic heterocycles. The van der Waals surface area contributed by atoms with Crippen molar-refractivity contribution in [3.8, 4) is 0 Å². The summed E-state index contributed by atoms with van der Waals surface area (Å²) in [6, 6.07) is 16.2. The molecule has 12 N–H and O–H groups in total. The van der Waals surface area contributed by atoms with Gasteiger partial charge in [-0.3, -0.25) is 29.3 Å². The SMILES string of the molecule is CC(C)C(N)C(=O)NC(CCCNC(N)=O)C(=O)Nc1ccc(COC(=O)NCC(=O)Nc2ccc3c(c2)[C@@]2(C)CCC[C@](C)(C(=O)NC(=O)[C@@]4(C)CCC[C@]5(C)c6cc(N)ccc6CC[C@@H]45)[C@@H]2CC3)cc1. The van der Waals surface area contributed by atoms with Crippen molar-refractivity contribution >= 4 is 58.7 Å². The summed E-state index contributed by atoms with van der Waals surface area (Å²) in [6.45, 7) is 12.0. The zero-order chi connectivity index (χ0) is 52.2. The summed E-state index contributed by atoms with van der Waals surface area (Å²) >= 11 is 0. The first-order valence-electron chi connectivity index (χ1n) is 25.6. The molecule has 0 spiro atoms. The number of ether oxygens (including phenoxy) is 1. The molecule has 0 aliphatic heterocycles. The summed E-state index contributed by atoms with van der Waals surface area (Å²) in [5.74, 6) is -1.88. The van der Waals surface area contributed by atoms with E-state index in [1.54, 1.807) is 38.1 Å². The number of imide groups is 1. The Morgan fingerprint density at radius 3 is 1.86 bits per heavy atom. The summed E-state index contributed by atoms with van der Waals surface area (Å²) in [5.41, 5.74) is 22.5. The molecule has 3 aromatic carbocycles. The third-order valence-corrected chi connectivity index (χ3v) is 16.9. The lowest BCUT2D eigenvalue weighted by Crippen LogP contribution is -2.60. The topological polar surface area (TPSA) is 279 Å². The van der Waals surface area contributed by atoms with Gasteiger partial charge in [0.25, 0.3) is 0 Å². The van der Waals surface area contributed by atoms with Gasteiger partial charge >= 0.3 is 12.1 Å². The molecule has 72 heavy (non-hydrogen) atoms. The molecule has 0 heterocycles. The van der Waals surface area contributed by atoms with Crippen molar-refractivity contribution in [3.63, 3.8) is 0 Å². The van der Waals surface area contributed by atoms with Gasteiger partial charge in [-0.1, -0.05) is 78.6 Å². The minimum absolute atomic E-state index is 0.0409. The highest BCUT2D eigenvalue weighted by molar-refractivity contribution is 6.01. The third-order valence-electron chi connectivity index (χ3n) is 16.9. The smallest absolute Gasteiger partial charge is 0.407 e. The van der Waals surface area contributed by atoms with Crippen LogP contribution in [0.4, 0.5) is 26.7 Å². The number of amides is 8. The van der Waals surface area contributed by atoms with Crippen LogP contribution in [0.3, 0.4) is 0 Å². The first-order chi connectivity index (χ1) is 34.1. The van der Waals surface area contributed by atoms with E-state index in [-0.39, 0.29) is 66.5 Å². The highest BCUT2D eigenvalue weighted by atomic mass is 16.5. The van der Waals surface area contributed by atoms with Gasteiger partial charge in [0.2, 0.25) is 29.5 Å². The van der Waals surface area contributed by atoms with Crippen LogP contribution in [0.5, 0.6) is 0 Å². The van der Waals surface area contributed by atoms with E-state index in [0.29, 0.717) is 29.8 Å². The van der Waals surface area contributed by atoms with Gasteiger partial charge in [-0.2, -0.15) is 0 Å². The number of anilines is 3. The summed E-state index contributed by atoms with van der Waals surface area (Å²) in [4.78, 5) is 92.1. The summed E-state index contributed by atoms with van der Waals surface area (Å²) < 4.78 is 5.37. The Kier molecular flexibility index (Phi) is 16.1. The van der Waals surface area contributed by atoms with Crippen molar-refractivity contribution in [1.29, 1.82) is 0 Å². The summed E-state index contributed by atoms with van der Waals surface area (Å²) in [5, 5.41) is 16.4. The van der Waals surface area contributed by atoms with Gasteiger partial charge in [-0.05, 0) is 157 Å². The fourth-order valence-corrected chi connectivity index (χ4v) is 12.8. The average molecular weight is 990 g/mol. The second kappa shape index (κ2) is 21.7. The Balaban J connectivity index is 0.911. The number of nitrogen functional groups attached to an aromatic ring is 1. The molecule has 17 nitrogen and oxygen atoms in total. The molecule has 0 bridgehead atoms. The summed E-state index contributed by atoms with van der Waals surface area (Å²) in [6.07, 6.45) is 8.03. The van der Waals surface area contributed by atoms with Gasteiger partial charge in [0.15, 0.2) is 0 Å². The number of aryl methyl sites for hydroxylation is 2. The normalized spacial score (nSPS) is 25.9. The molecule has 0 radical (unpaired) electrons. The van der Waals surface area contributed by atoms with Crippen molar-refractivity contribution in [2.75, 3.05) is 29.5 Å². The Labute approximate surface area is 423 Å². The molecule has 0 saturated heterocycles. The largest absolute Gasteiger partial charge is 0.445 e. The maximum Gasteiger partial charge on any atom is 0.407 e. The second-order valence-electron chi connectivity index (χ2n) is 22.1. The molecule has 7 rings (SSSR count). The minimum Gasteiger partial charge on any atom is -0.445 e.